The fourth-order valence-corrected chi connectivity index (χ4v) is 2.06. The van der Waals surface area contributed by atoms with E-state index in [-0.39, 0.29) is 5.91 Å². The van der Waals surface area contributed by atoms with E-state index in [4.69, 9.17) is 0 Å². The third kappa shape index (κ3) is 5.82. The number of amides is 1. The normalized spacial score (nSPS) is 9.91. The number of carbonyl (C=O) groups is 1. The van der Waals surface area contributed by atoms with E-state index < -0.39 is 0 Å². The van der Waals surface area contributed by atoms with Crippen molar-refractivity contribution in [3.63, 3.8) is 0 Å². The first-order valence-corrected chi connectivity index (χ1v) is 7.27. The number of rotatable bonds is 5. The lowest BCUT2D eigenvalue weighted by molar-refractivity contribution is -0.121. The van der Waals surface area contributed by atoms with Crippen LogP contribution in [0.4, 0.5) is 0 Å². The maximum atomic E-state index is 11.8. The number of nitrogens with zero attached hydrogens (tertiary/aromatic N) is 1. The summed E-state index contributed by atoms with van der Waals surface area (Å²) in [6.45, 7) is 1.48. The zero-order valence-electron chi connectivity index (χ0n) is 12.8. The van der Waals surface area contributed by atoms with Gasteiger partial charge >= 0.3 is 0 Å². The van der Waals surface area contributed by atoms with Crippen LogP contribution in [0.3, 0.4) is 0 Å². The lowest BCUT2D eigenvalue weighted by Crippen LogP contribution is -2.35. The average molecular weight is 292 g/mol. The Morgan fingerprint density at radius 3 is 2.36 bits per heavy atom. The van der Waals surface area contributed by atoms with E-state index in [0.29, 0.717) is 13.1 Å². The van der Waals surface area contributed by atoms with Gasteiger partial charge in [-0.1, -0.05) is 60.4 Å². The quantitative estimate of drug-likeness (QED) is 0.858. The molecule has 0 saturated heterocycles. The van der Waals surface area contributed by atoms with Crippen LogP contribution in [0.15, 0.2) is 60.7 Å². The molecule has 1 amide bonds. The highest BCUT2D eigenvalue weighted by molar-refractivity contribution is 5.78. The Morgan fingerprint density at radius 1 is 1.05 bits per heavy atom. The molecule has 0 heterocycles. The van der Waals surface area contributed by atoms with Gasteiger partial charge in [-0.05, 0) is 24.7 Å². The van der Waals surface area contributed by atoms with Gasteiger partial charge in [0.25, 0.3) is 0 Å². The standard InChI is InChI=1S/C19H20N2O/c1-21(15-18-11-6-3-7-12-18)16-19(22)20-14-8-13-17-9-4-2-5-10-17/h2-7,9-12H,14-16H2,1H3,(H,20,22). The number of carbonyl (C=O) groups excluding carboxylic acids is 1. The lowest BCUT2D eigenvalue weighted by Gasteiger charge is -2.15. The molecule has 0 radical (unpaired) electrons. The first kappa shape index (κ1) is 15.8. The number of likely N-dealkylation sites (N-methyl/N-ethyl adjacent to an activating group) is 1. The van der Waals surface area contributed by atoms with Crippen LogP contribution in [-0.2, 0) is 11.3 Å². The summed E-state index contributed by atoms with van der Waals surface area (Å²) in [6.07, 6.45) is 0. The van der Waals surface area contributed by atoms with E-state index in [2.05, 4.69) is 29.3 Å². The molecule has 2 rings (SSSR count). The van der Waals surface area contributed by atoms with Crippen LogP contribution in [0, 0.1) is 11.8 Å². The predicted octanol–water partition coefficient (Wildman–Crippen LogP) is 2.29. The van der Waals surface area contributed by atoms with Crippen molar-refractivity contribution in [2.45, 2.75) is 6.54 Å². The molecular formula is C19H20N2O. The molecule has 0 aliphatic heterocycles. The van der Waals surface area contributed by atoms with Gasteiger partial charge in [0, 0.05) is 12.1 Å². The van der Waals surface area contributed by atoms with Crippen LogP contribution < -0.4 is 5.32 Å². The second-order valence-corrected chi connectivity index (χ2v) is 5.10. The summed E-state index contributed by atoms with van der Waals surface area (Å²) in [7, 11) is 1.93. The summed E-state index contributed by atoms with van der Waals surface area (Å²) in [4.78, 5) is 13.8. The Bertz CT molecular complexity index is 641. The molecule has 1 N–H and O–H groups in total. The Balaban J connectivity index is 1.71. The molecule has 0 aromatic heterocycles. The molecule has 0 atom stereocenters. The largest absolute Gasteiger partial charge is 0.344 e. The van der Waals surface area contributed by atoms with Gasteiger partial charge in [0.1, 0.15) is 0 Å². The van der Waals surface area contributed by atoms with E-state index in [9.17, 15) is 4.79 Å². The van der Waals surface area contributed by atoms with E-state index in [1.54, 1.807) is 0 Å². The molecule has 0 unspecified atom stereocenters. The zero-order valence-corrected chi connectivity index (χ0v) is 12.8. The number of benzene rings is 2. The van der Waals surface area contributed by atoms with Crippen LogP contribution in [-0.4, -0.2) is 30.9 Å². The lowest BCUT2D eigenvalue weighted by atomic mass is 10.2. The monoisotopic (exact) mass is 292 g/mol. The third-order valence-electron chi connectivity index (χ3n) is 3.09. The highest BCUT2D eigenvalue weighted by Gasteiger charge is 2.05. The molecule has 0 spiro atoms. The maximum Gasteiger partial charge on any atom is 0.234 e. The molecule has 0 bridgehead atoms. The second kappa shape index (κ2) is 8.66. The molecule has 0 fully saturated rings. The van der Waals surface area contributed by atoms with Gasteiger partial charge in [-0.2, -0.15) is 0 Å². The van der Waals surface area contributed by atoms with Crippen LogP contribution >= 0.6 is 0 Å². The van der Waals surface area contributed by atoms with E-state index in [1.165, 1.54) is 5.56 Å². The number of hydrogen-bond acceptors (Lipinski definition) is 2. The fraction of sp³-hybridized carbons (Fsp3) is 0.211. The highest BCUT2D eigenvalue weighted by Crippen LogP contribution is 2.01. The fourth-order valence-electron chi connectivity index (χ4n) is 2.06. The summed E-state index contributed by atoms with van der Waals surface area (Å²) >= 11 is 0. The van der Waals surface area contributed by atoms with Gasteiger partial charge < -0.3 is 5.32 Å². The van der Waals surface area contributed by atoms with E-state index >= 15 is 0 Å². The predicted molar refractivity (Wildman–Crippen MR) is 89.1 cm³/mol. The minimum atomic E-state index is -0.0132. The Kier molecular flexibility index (Phi) is 6.22. The van der Waals surface area contributed by atoms with Gasteiger partial charge in [-0.15, -0.1) is 0 Å². The van der Waals surface area contributed by atoms with Gasteiger partial charge in [0.2, 0.25) is 5.91 Å². The summed E-state index contributed by atoms with van der Waals surface area (Å²) in [5, 5.41) is 2.82. The van der Waals surface area contributed by atoms with Crippen molar-refractivity contribution in [2.24, 2.45) is 0 Å². The summed E-state index contributed by atoms with van der Waals surface area (Å²) in [5.41, 5.74) is 2.15. The van der Waals surface area contributed by atoms with Gasteiger partial charge in [-0.25, -0.2) is 0 Å². The van der Waals surface area contributed by atoms with Crippen molar-refractivity contribution in [1.29, 1.82) is 0 Å². The summed E-state index contributed by atoms with van der Waals surface area (Å²) < 4.78 is 0. The molecule has 0 saturated carbocycles. The first-order valence-electron chi connectivity index (χ1n) is 7.27. The Morgan fingerprint density at radius 2 is 1.68 bits per heavy atom. The molecule has 2 aromatic carbocycles. The maximum absolute atomic E-state index is 11.8. The zero-order chi connectivity index (χ0) is 15.6. The van der Waals surface area contributed by atoms with Gasteiger partial charge in [0.15, 0.2) is 0 Å². The SMILES string of the molecule is CN(CC(=O)NCC#Cc1ccccc1)Cc1ccccc1. The van der Waals surface area contributed by atoms with Gasteiger partial charge in [-0.3, -0.25) is 9.69 Å². The van der Waals surface area contributed by atoms with Crippen LogP contribution in [0.25, 0.3) is 0 Å². The van der Waals surface area contributed by atoms with Crippen molar-refractivity contribution in [3.8, 4) is 11.8 Å². The molecule has 3 nitrogen and oxygen atoms in total. The summed E-state index contributed by atoms with van der Waals surface area (Å²) in [6, 6.07) is 19.8. The van der Waals surface area contributed by atoms with Crippen LogP contribution in [0.2, 0.25) is 0 Å². The first-order chi connectivity index (χ1) is 10.7. The Labute approximate surface area is 132 Å². The van der Waals surface area contributed by atoms with Crippen molar-refractivity contribution in [2.75, 3.05) is 20.1 Å². The molecule has 0 aliphatic carbocycles. The van der Waals surface area contributed by atoms with Crippen LogP contribution in [0.5, 0.6) is 0 Å². The van der Waals surface area contributed by atoms with Crippen molar-refractivity contribution in [3.05, 3.63) is 71.8 Å². The third-order valence-corrected chi connectivity index (χ3v) is 3.09. The van der Waals surface area contributed by atoms with Crippen molar-refractivity contribution < 1.29 is 4.79 Å². The molecule has 3 heteroatoms. The number of hydrogen-bond donors (Lipinski definition) is 1. The minimum Gasteiger partial charge on any atom is -0.344 e. The smallest absolute Gasteiger partial charge is 0.234 e. The minimum absolute atomic E-state index is 0.0132. The summed E-state index contributed by atoms with van der Waals surface area (Å²) in [5.74, 6) is 5.96. The molecule has 0 aliphatic rings. The van der Waals surface area contributed by atoms with Gasteiger partial charge in [0.05, 0.1) is 13.1 Å². The van der Waals surface area contributed by atoms with Crippen molar-refractivity contribution in [1.82, 2.24) is 10.2 Å². The molecule has 2 aromatic rings. The molecule has 112 valence electrons. The van der Waals surface area contributed by atoms with Crippen LogP contribution in [0.1, 0.15) is 11.1 Å². The second-order valence-electron chi connectivity index (χ2n) is 5.10. The average Bonchev–Trinajstić information content (AvgIpc) is 2.53. The van der Waals surface area contributed by atoms with Crippen molar-refractivity contribution >= 4 is 5.91 Å². The topological polar surface area (TPSA) is 32.3 Å². The highest BCUT2D eigenvalue weighted by atomic mass is 16.1. The molecule has 22 heavy (non-hydrogen) atoms. The van der Waals surface area contributed by atoms with E-state index in [1.807, 2.05) is 60.5 Å². The Hall–Kier alpha value is -2.57. The van der Waals surface area contributed by atoms with E-state index in [0.717, 1.165) is 12.1 Å². The number of nitrogens with one attached hydrogen (secondary N) is 1. The molecular weight excluding hydrogens is 272 g/mol.